The molecule has 0 bridgehead atoms. The Morgan fingerprint density at radius 3 is 2.68 bits per heavy atom. The number of methoxy groups -OCH3 is 1. The highest BCUT2D eigenvalue weighted by Crippen LogP contribution is 2.21. The van der Waals surface area contributed by atoms with E-state index in [4.69, 9.17) is 4.74 Å². The molecule has 1 heterocycles. The molecule has 0 atom stereocenters. The van der Waals surface area contributed by atoms with E-state index < -0.39 is 0 Å². The van der Waals surface area contributed by atoms with Crippen molar-refractivity contribution in [1.82, 2.24) is 9.80 Å². The first-order chi connectivity index (χ1) is 9.02. The van der Waals surface area contributed by atoms with Crippen LogP contribution in [0.1, 0.15) is 15.9 Å². The minimum absolute atomic E-state index is 0.0968. The predicted octanol–water partition coefficient (Wildman–Crippen LogP) is 1.55. The van der Waals surface area contributed by atoms with E-state index in [2.05, 4.69) is 0 Å². The van der Waals surface area contributed by atoms with Crippen LogP contribution >= 0.6 is 0 Å². The fourth-order valence-electron chi connectivity index (χ4n) is 2.14. The number of nitrogens with zero attached hydrogens (tertiary/aromatic N) is 2. The van der Waals surface area contributed by atoms with Gasteiger partial charge in [0.15, 0.2) is 5.78 Å². The Hall–Kier alpha value is -2.04. The lowest BCUT2D eigenvalue weighted by Gasteiger charge is -2.16. The summed E-state index contributed by atoms with van der Waals surface area (Å²) in [6, 6.07) is 5.35. The van der Waals surface area contributed by atoms with Crippen LogP contribution in [0.25, 0.3) is 0 Å². The molecule has 0 saturated carbocycles. The highest BCUT2D eigenvalue weighted by molar-refractivity contribution is 6.01. The highest BCUT2D eigenvalue weighted by Gasteiger charge is 2.27. The Bertz CT molecular complexity index is 513. The molecule has 1 aromatic carbocycles. The summed E-state index contributed by atoms with van der Waals surface area (Å²) < 4.78 is 5.23. The third-order valence-electron chi connectivity index (χ3n) is 3.29. The lowest BCUT2D eigenvalue weighted by molar-refractivity contribution is 0.0949. The number of carbonyl (C=O) groups is 2. The van der Waals surface area contributed by atoms with Crippen molar-refractivity contribution in [3.8, 4) is 5.75 Å². The van der Waals surface area contributed by atoms with Crippen LogP contribution in [0, 0.1) is 6.92 Å². The number of carbonyl (C=O) groups excluding carboxylic acids is 2. The molecule has 102 valence electrons. The van der Waals surface area contributed by atoms with Gasteiger partial charge in [-0.3, -0.25) is 4.79 Å². The predicted molar refractivity (Wildman–Crippen MR) is 71.7 cm³/mol. The molecule has 1 aromatic rings. The molecular weight excluding hydrogens is 244 g/mol. The van der Waals surface area contributed by atoms with E-state index in [1.807, 2.05) is 19.1 Å². The third kappa shape index (κ3) is 2.70. The first-order valence-corrected chi connectivity index (χ1v) is 6.21. The number of Topliss-reactive ketones (excluding diaryl/α,β-unsaturated/α-hetero) is 1. The van der Waals surface area contributed by atoms with Crippen molar-refractivity contribution in [3.63, 3.8) is 0 Å². The van der Waals surface area contributed by atoms with Gasteiger partial charge in [-0.25, -0.2) is 4.79 Å². The molecule has 1 aliphatic heterocycles. The van der Waals surface area contributed by atoms with Gasteiger partial charge in [0.05, 0.1) is 19.2 Å². The van der Waals surface area contributed by atoms with E-state index in [1.165, 1.54) is 0 Å². The maximum absolute atomic E-state index is 12.3. The van der Waals surface area contributed by atoms with Crippen LogP contribution in [-0.2, 0) is 0 Å². The van der Waals surface area contributed by atoms with Gasteiger partial charge < -0.3 is 14.5 Å². The van der Waals surface area contributed by atoms with Gasteiger partial charge in [0.25, 0.3) is 0 Å². The molecule has 2 rings (SSSR count). The maximum Gasteiger partial charge on any atom is 0.320 e. The first kappa shape index (κ1) is 13.4. The Labute approximate surface area is 112 Å². The Kier molecular flexibility index (Phi) is 3.74. The molecule has 0 spiro atoms. The zero-order valence-corrected chi connectivity index (χ0v) is 11.5. The van der Waals surface area contributed by atoms with Gasteiger partial charge in [-0.15, -0.1) is 0 Å². The minimum atomic E-state index is -0.0978. The maximum atomic E-state index is 12.3. The van der Waals surface area contributed by atoms with Crippen molar-refractivity contribution >= 4 is 11.8 Å². The summed E-state index contributed by atoms with van der Waals surface area (Å²) in [5.74, 6) is 0.463. The molecular formula is C14H18N2O3. The van der Waals surface area contributed by atoms with Crippen molar-refractivity contribution in [3.05, 3.63) is 29.3 Å². The van der Waals surface area contributed by atoms with E-state index in [0.29, 0.717) is 24.4 Å². The van der Waals surface area contributed by atoms with E-state index in [0.717, 1.165) is 5.56 Å². The number of hydrogen-bond donors (Lipinski definition) is 0. The highest BCUT2D eigenvalue weighted by atomic mass is 16.5. The van der Waals surface area contributed by atoms with Crippen molar-refractivity contribution in [2.75, 3.05) is 33.8 Å². The molecule has 0 radical (unpaired) electrons. The van der Waals surface area contributed by atoms with Gasteiger partial charge in [-0.05, 0) is 24.6 Å². The molecule has 0 N–H and O–H groups in total. The van der Waals surface area contributed by atoms with E-state index in [9.17, 15) is 9.59 Å². The second kappa shape index (κ2) is 5.30. The Morgan fingerprint density at radius 1 is 1.37 bits per heavy atom. The molecule has 19 heavy (non-hydrogen) atoms. The summed E-state index contributed by atoms with van der Waals surface area (Å²) >= 11 is 0. The molecule has 5 nitrogen and oxygen atoms in total. The van der Waals surface area contributed by atoms with Crippen LogP contribution < -0.4 is 4.74 Å². The van der Waals surface area contributed by atoms with E-state index >= 15 is 0 Å². The number of amides is 2. The number of aryl methyl sites for hydroxylation is 1. The number of benzene rings is 1. The van der Waals surface area contributed by atoms with Crippen molar-refractivity contribution in [2.24, 2.45) is 0 Å². The summed E-state index contributed by atoms with van der Waals surface area (Å²) in [5.41, 5.74) is 1.56. The smallest absolute Gasteiger partial charge is 0.320 e. The number of likely N-dealkylation sites (N-methyl/N-ethyl adjacent to an activating group) is 1. The lowest BCUT2D eigenvalue weighted by Crippen LogP contribution is -2.34. The molecule has 2 amide bonds. The first-order valence-electron chi connectivity index (χ1n) is 6.21. The third-order valence-corrected chi connectivity index (χ3v) is 3.29. The number of hydrogen-bond acceptors (Lipinski definition) is 3. The number of ether oxygens (including phenoxy) is 1. The average Bonchev–Trinajstić information content (AvgIpc) is 2.70. The molecule has 0 aromatic heterocycles. The van der Waals surface area contributed by atoms with Gasteiger partial charge in [-0.1, -0.05) is 6.07 Å². The number of urea groups is 1. The molecule has 5 heteroatoms. The summed E-state index contributed by atoms with van der Waals surface area (Å²) in [5, 5.41) is 0. The SMILES string of the molecule is COc1cc(C)ccc1C(=O)CN1CCN(C)C1=O. The normalized spacial score (nSPS) is 15.0. The zero-order chi connectivity index (χ0) is 14.0. The lowest BCUT2D eigenvalue weighted by atomic mass is 10.1. The molecule has 0 aliphatic carbocycles. The van der Waals surface area contributed by atoms with Gasteiger partial charge in [0, 0.05) is 20.1 Å². The topological polar surface area (TPSA) is 49.9 Å². The molecule has 0 unspecified atom stereocenters. The second-order valence-electron chi connectivity index (χ2n) is 4.75. The van der Waals surface area contributed by atoms with Gasteiger partial charge in [0.1, 0.15) is 5.75 Å². The van der Waals surface area contributed by atoms with Crippen LogP contribution in [-0.4, -0.2) is 55.4 Å². The summed E-state index contributed by atoms with van der Waals surface area (Å²) in [6.45, 7) is 3.30. The fourth-order valence-corrected chi connectivity index (χ4v) is 2.14. The van der Waals surface area contributed by atoms with Crippen molar-refractivity contribution in [1.29, 1.82) is 0 Å². The summed E-state index contributed by atoms with van der Waals surface area (Å²) in [7, 11) is 3.28. The van der Waals surface area contributed by atoms with E-state index in [1.54, 1.807) is 30.0 Å². The summed E-state index contributed by atoms with van der Waals surface area (Å²) in [4.78, 5) is 27.2. The summed E-state index contributed by atoms with van der Waals surface area (Å²) in [6.07, 6.45) is 0. The number of ketones is 1. The Morgan fingerprint density at radius 2 is 2.11 bits per heavy atom. The molecule has 1 fully saturated rings. The second-order valence-corrected chi connectivity index (χ2v) is 4.75. The largest absolute Gasteiger partial charge is 0.496 e. The zero-order valence-electron chi connectivity index (χ0n) is 11.5. The molecule has 1 aliphatic rings. The Balaban J connectivity index is 2.14. The number of rotatable bonds is 4. The van der Waals surface area contributed by atoms with Crippen LogP contribution in [0.3, 0.4) is 0 Å². The quantitative estimate of drug-likeness (QED) is 0.774. The van der Waals surface area contributed by atoms with Crippen molar-refractivity contribution < 1.29 is 14.3 Å². The van der Waals surface area contributed by atoms with Crippen LogP contribution in [0.15, 0.2) is 18.2 Å². The van der Waals surface area contributed by atoms with Crippen molar-refractivity contribution in [2.45, 2.75) is 6.92 Å². The van der Waals surface area contributed by atoms with Gasteiger partial charge >= 0.3 is 6.03 Å². The average molecular weight is 262 g/mol. The van der Waals surface area contributed by atoms with Gasteiger partial charge in [-0.2, -0.15) is 0 Å². The monoisotopic (exact) mass is 262 g/mol. The standard InChI is InChI=1S/C14H18N2O3/c1-10-4-5-11(13(8-10)19-3)12(17)9-16-7-6-15(2)14(16)18/h4-5,8H,6-7,9H2,1-3H3. The fraction of sp³-hybridized carbons (Fsp3) is 0.429. The van der Waals surface area contributed by atoms with Gasteiger partial charge in [0.2, 0.25) is 0 Å². The minimum Gasteiger partial charge on any atom is -0.496 e. The van der Waals surface area contributed by atoms with E-state index in [-0.39, 0.29) is 18.4 Å². The molecule has 1 saturated heterocycles. The van der Waals surface area contributed by atoms with Crippen LogP contribution in [0.2, 0.25) is 0 Å². The van der Waals surface area contributed by atoms with Crippen LogP contribution in [0.4, 0.5) is 4.79 Å². The van der Waals surface area contributed by atoms with Crippen LogP contribution in [0.5, 0.6) is 5.75 Å².